The van der Waals surface area contributed by atoms with E-state index < -0.39 is 24.9 Å². The molecule has 2 rings (SSSR count). The molecule has 0 saturated carbocycles. The molecule has 1 fully saturated rings. The van der Waals surface area contributed by atoms with E-state index in [-0.39, 0.29) is 28.5 Å². The third kappa shape index (κ3) is 2.37. The van der Waals surface area contributed by atoms with E-state index in [0.29, 0.717) is 0 Å². The highest BCUT2D eigenvalue weighted by Gasteiger charge is 2.38. The molecule has 1 atom stereocenters. The Bertz CT molecular complexity index is 677. The Kier molecular flexibility index (Phi) is 3.14. The third-order valence-electron chi connectivity index (χ3n) is 3.10. The van der Waals surface area contributed by atoms with Crippen molar-refractivity contribution in [2.75, 3.05) is 17.2 Å². The van der Waals surface area contributed by atoms with E-state index >= 15 is 0 Å². The molecule has 7 heteroatoms. The maximum atomic E-state index is 12.3. The van der Waals surface area contributed by atoms with Gasteiger partial charge in [-0.2, -0.15) is 0 Å². The lowest BCUT2D eigenvalue weighted by Gasteiger charge is -2.12. The normalized spacial score (nSPS) is 23.1. The van der Waals surface area contributed by atoms with Crippen LogP contribution in [-0.2, 0) is 19.7 Å². The van der Waals surface area contributed by atoms with E-state index in [1.165, 1.54) is 6.07 Å². The molecular formula is C11H15NO4S2. The van der Waals surface area contributed by atoms with Crippen LogP contribution < -0.4 is 5.73 Å². The van der Waals surface area contributed by atoms with Gasteiger partial charge in [-0.15, -0.1) is 0 Å². The Hall–Kier alpha value is -1.08. The average molecular weight is 289 g/mol. The molecule has 1 aliphatic rings. The summed E-state index contributed by atoms with van der Waals surface area (Å²) in [6, 6.07) is 4.69. The monoisotopic (exact) mass is 289 g/mol. The van der Waals surface area contributed by atoms with Crippen LogP contribution in [0.25, 0.3) is 0 Å². The Morgan fingerprint density at radius 3 is 2.50 bits per heavy atom. The van der Waals surface area contributed by atoms with Crippen molar-refractivity contribution in [1.29, 1.82) is 0 Å². The van der Waals surface area contributed by atoms with Gasteiger partial charge in [-0.3, -0.25) is 0 Å². The lowest BCUT2D eigenvalue weighted by Crippen LogP contribution is -2.23. The minimum atomic E-state index is -3.66. The zero-order valence-corrected chi connectivity index (χ0v) is 11.6. The van der Waals surface area contributed by atoms with Crippen LogP contribution in [0.5, 0.6) is 0 Å². The van der Waals surface area contributed by atoms with Crippen molar-refractivity contribution < 1.29 is 16.8 Å². The maximum Gasteiger partial charge on any atom is 0.184 e. The number of anilines is 1. The largest absolute Gasteiger partial charge is 0.398 e. The number of hydrogen-bond donors (Lipinski definition) is 1. The molecule has 0 bridgehead atoms. The summed E-state index contributed by atoms with van der Waals surface area (Å²) in [4.78, 5) is 0.0372. The summed E-state index contributed by atoms with van der Waals surface area (Å²) in [5.41, 5.74) is 6.76. The molecule has 0 radical (unpaired) electrons. The number of benzene rings is 1. The number of rotatable bonds is 2. The molecule has 0 amide bonds. The van der Waals surface area contributed by atoms with Crippen LogP contribution in [-0.4, -0.2) is 33.6 Å². The van der Waals surface area contributed by atoms with Crippen LogP contribution in [0, 0.1) is 6.92 Å². The summed E-state index contributed by atoms with van der Waals surface area (Å²) in [5.74, 6) is -0.370. The average Bonchev–Trinajstić information content (AvgIpc) is 2.58. The van der Waals surface area contributed by atoms with Gasteiger partial charge >= 0.3 is 0 Å². The first-order chi connectivity index (χ1) is 8.22. The van der Waals surface area contributed by atoms with Crippen molar-refractivity contribution in [3.63, 3.8) is 0 Å². The molecule has 18 heavy (non-hydrogen) atoms. The highest BCUT2D eigenvalue weighted by molar-refractivity contribution is 7.96. The number of hydrogen-bond acceptors (Lipinski definition) is 5. The standard InChI is InChI=1S/C11H15NO4S2/c1-8-2-3-11(10(12)6-8)18(15,16)9-4-5-17(13,14)7-9/h2-3,6,9H,4-5,7,12H2,1H3. The van der Waals surface area contributed by atoms with Crippen molar-refractivity contribution in [3.8, 4) is 0 Å². The van der Waals surface area contributed by atoms with E-state index in [1.807, 2.05) is 6.92 Å². The highest BCUT2D eigenvalue weighted by Crippen LogP contribution is 2.29. The third-order valence-corrected chi connectivity index (χ3v) is 7.35. The molecule has 1 saturated heterocycles. The number of nitrogens with two attached hydrogens (primary N) is 1. The van der Waals surface area contributed by atoms with Gasteiger partial charge in [-0.05, 0) is 31.0 Å². The van der Waals surface area contributed by atoms with Crippen LogP contribution >= 0.6 is 0 Å². The van der Waals surface area contributed by atoms with E-state index in [2.05, 4.69) is 0 Å². The lowest BCUT2D eigenvalue weighted by molar-refractivity contribution is 0.582. The Labute approximate surface area is 107 Å². The van der Waals surface area contributed by atoms with Gasteiger partial charge in [0.25, 0.3) is 0 Å². The zero-order chi connectivity index (χ0) is 13.6. The molecule has 0 aromatic heterocycles. The fourth-order valence-corrected chi connectivity index (χ4v) is 6.58. The Balaban J connectivity index is 2.44. The molecule has 1 aromatic rings. The second-order valence-corrected chi connectivity index (χ2v) is 9.04. The van der Waals surface area contributed by atoms with Gasteiger partial charge in [0.15, 0.2) is 19.7 Å². The predicted molar refractivity (Wildman–Crippen MR) is 69.8 cm³/mol. The second-order valence-electron chi connectivity index (χ2n) is 4.61. The van der Waals surface area contributed by atoms with E-state index in [9.17, 15) is 16.8 Å². The van der Waals surface area contributed by atoms with Gasteiger partial charge in [0.05, 0.1) is 27.3 Å². The summed E-state index contributed by atoms with van der Waals surface area (Å²) in [5, 5.41) is -0.868. The highest BCUT2D eigenvalue weighted by atomic mass is 32.2. The van der Waals surface area contributed by atoms with Gasteiger partial charge in [-0.25, -0.2) is 16.8 Å². The second kappa shape index (κ2) is 4.24. The van der Waals surface area contributed by atoms with Crippen LogP contribution in [0.2, 0.25) is 0 Å². The summed E-state index contributed by atoms with van der Waals surface area (Å²) < 4.78 is 47.3. The predicted octanol–water partition coefficient (Wildman–Crippen LogP) is 0.538. The maximum absolute atomic E-state index is 12.3. The fourth-order valence-electron chi connectivity index (χ4n) is 2.11. The lowest BCUT2D eigenvalue weighted by atomic mass is 10.2. The Morgan fingerprint density at radius 1 is 1.33 bits per heavy atom. The molecule has 1 aliphatic heterocycles. The summed E-state index contributed by atoms with van der Waals surface area (Å²) in [6.07, 6.45) is 0.151. The van der Waals surface area contributed by atoms with Gasteiger partial charge in [-0.1, -0.05) is 6.07 Å². The molecular weight excluding hydrogens is 274 g/mol. The molecule has 1 aromatic carbocycles. The SMILES string of the molecule is Cc1ccc(S(=O)(=O)C2CCS(=O)(=O)C2)c(N)c1. The summed E-state index contributed by atoms with van der Waals surface area (Å²) >= 11 is 0. The van der Waals surface area contributed by atoms with Gasteiger partial charge in [0, 0.05) is 0 Å². The summed E-state index contributed by atoms with van der Waals surface area (Å²) in [6.45, 7) is 1.81. The van der Waals surface area contributed by atoms with Crippen molar-refractivity contribution >= 4 is 25.4 Å². The smallest absolute Gasteiger partial charge is 0.184 e. The first-order valence-corrected chi connectivity index (χ1v) is 8.89. The van der Waals surface area contributed by atoms with Gasteiger partial charge in [0.1, 0.15) is 0 Å². The molecule has 2 N–H and O–H groups in total. The quantitative estimate of drug-likeness (QED) is 0.802. The van der Waals surface area contributed by atoms with E-state index in [4.69, 9.17) is 5.73 Å². The zero-order valence-electron chi connectivity index (χ0n) is 9.96. The number of sulfone groups is 2. The molecule has 100 valence electrons. The number of aryl methyl sites for hydroxylation is 1. The molecule has 1 heterocycles. The van der Waals surface area contributed by atoms with Crippen molar-refractivity contribution in [2.24, 2.45) is 0 Å². The van der Waals surface area contributed by atoms with Crippen LogP contribution in [0.1, 0.15) is 12.0 Å². The van der Waals surface area contributed by atoms with Crippen LogP contribution in [0.15, 0.2) is 23.1 Å². The van der Waals surface area contributed by atoms with Crippen LogP contribution in [0.3, 0.4) is 0 Å². The topological polar surface area (TPSA) is 94.3 Å². The van der Waals surface area contributed by atoms with Crippen molar-refractivity contribution in [1.82, 2.24) is 0 Å². The summed E-state index contributed by atoms with van der Waals surface area (Å²) in [7, 11) is -6.89. The Morgan fingerprint density at radius 2 is 2.00 bits per heavy atom. The molecule has 1 unspecified atom stereocenters. The molecule has 5 nitrogen and oxygen atoms in total. The first-order valence-electron chi connectivity index (χ1n) is 5.53. The van der Waals surface area contributed by atoms with Crippen molar-refractivity contribution in [3.05, 3.63) is 23.8 Å². The first kappa shape index (κ1) is 13.4. The minimum absolute atomic E-state index is 0.0372. The fraction of sp³-hybridized carbons (Fsp3) is 0.455. The molecule has 0 aliphatic carbocycles. The van der Waals surface area contributed by atoms with Gasteiger partial charge in [0.2, 0.25) is 0 Å². The van der Waals surface area contributed by atoms with Gasteiger partial charge < -0.3 is 5.73 Å². The van der Waals surface area contributed by atoms with E-state index in [0.717, 1.165) is 5.56 Å². The molecule has 0 spiro atoms. The van der Waals surface area contributed by atoms with E-state index in [1.54, 1.807) is 12.1 Å². The van der Waals surface area contributed by atoms with Crippen LogP contribution in [0.4, 0.5) is 5.69 Å². The minimum Gasteiger partial charge on any atom is -0.398 e. The number of nitrogen functional groups attached to an aromatic ring is 1. The van der Waals surface area contributed by atoms with Crippen molar-refractivity contribution in [2.45, 2.75) is 23.5 Å².